The van der Waals surface area contributed by atoms with Crippen LogP contribution in [0.2, 0.25) is 0 Å². The van der Waals surface area contributed by atoms with Crippen LogP contribution in [0.3, 0.4) is 0 Å². The molecule has 1 amide bonds. The molecule has 7 heteroatoms. The van der Waals surface area contributed by atoms with Crippen molar-refractivity contribution in [2.45, 2.75) is 12.3 Å². The highest BCUT2D eigenvalue weighted by atomic mass is 16.7. The van der Waals surface area contributed by atoms with E-state index in [0.717, 1.165) is 11.3 Å². The van der Waals surface area contributed by atoms with Crippen molar-refractivity contribution in [1.82, 2.24) is 10.2 Å². The van der Waals surface area contributed by atoms with Gasteiger partial charge in [-0.05, 0) is 23.8 Å². The van der Waals surface area contributed by atoms with Crippen molar-refractivity contribution in [1.29, 1.82) is 0 Å². The summed E-state index contributed by atoms with van der Waals surface area (Å²) in [6.07, 6.45) is 0.0691. The standard InChI is InChI=1S/C20H15N3O4/c24-16-9-13(19(25)12-6-7-14-15(8-12)27-10-26-14)17-18(22-23-20(17)21-16)11-4-2-1-3-5-11/h1-8,13H,9-10H2,(H2,21,22,23,24). The van der Waals surface area contributed by atoms with E-state index in [1.807, 2.05) is 30.3 Å². The molecule has 0 spiro atoms. The van der Waals surface area contributed by atoms with E-state index < -0.39 is 5.92 Å². The summed E-state index contributed by atoms with van der Waals surface area (Å²) in [5.41, 5.74) is 2.84. The predicted molar refractivity (Wildman–Crippen MR) is 96.9 cm³/mol. The number of aromatic amines is 1. The Balaban J connectivity index is 1.59. The highest BCUT2D eigenvalue weighted by Gasteiger charge is 2.36. The monoisotopic (exact) mass is 361 g/mol. The van der Waals surface area contributed by atoms with E-state index in [2.05, 4.69) is 15.5 Å². The fourth-order valence-electron chi connectivity index (χ4n) is 3.56. The molecule has 0 radical (unpaired) electrons. The third-order valence-corrected chi connectivity index (χ3v) is 4.84. The van der Waals surface area contributed by atoms with Crippen molar-refractivity contribution < 1.29 is 19.1 Å². The van der Waals surface area contributed by atoms with Crippen molar-refractivity contribution in [2.24, 2.45) is 0 Å². The molecule has 134 valence electrons. The number of aromatic nitrogens is 2. The van der Waals surface area contributed by atoms with E-state index in [1.54, 1.807) is 18.2 Å². The number of rotatable bonds is 3. The molecule has 0 saturated carbocycles. The normalized spacial score (nSPS) is 17.3. The van der Waals surface area contributed by atoms with Crippen LogP contribution >= 0.6 is 0 Å². The number of fused-ring (bicyclic) bond motifs is 2. The molecule has 27 heavy (non-hydrogen) atoms. The van der Waals surface area contributed by atoms with Crippen LogP contribution in [0.4, 0.5) is 5.82 Å². The third-order valence-electron chi connectivity index (χ3n) is 4.84. The number of carbonyl (C=O) groups excluding carboxylic acids is 2. The van der Waals surface area contributed by atoms with Crippen molar-refractivity contribution >= 4 is 17.5 Å². The van der Waals surface area contributed by atoms with Gasteiger partial charge in [0.2, 0.25) is 12.7 Å². The highest BCUT2D eigenvalue weighted by molar-refractivity contribution is 6.09. The fourth-order valence-corrected chi connectivity index (χ4v) is 3.56. The summed E-state index contributed by atoms with van der Waals surface area (Å²) < 4.78 is 10.7. The molecule has 2 aliphatic rings. The quantitative estimate of drug-likeness (QED) is 0.699. The van der Waals surface area contributed by atoms with Gasteiger partial charge in [-0.3, -0.25) is 14.7 Å². The van der Waals surface area contributed by atoms with Gasteiger partial charge in [-0.15, -0.1) is 0 Å². The summed E-state index contributed by atoms with van der Waals surface area (Å²) in [5.74, 6) is 0.557. The second kappa shape index (κ2) is 5.98. The first-order chi connectivity index (χ1) is 13.2. The molecule has 0 bridgehead atoms. The number of amides is 1. The summed E-state index contributed by atoms with van der Waals surface area (Å²) in [7, 11) is 0. The molecule has 2 N–H and O–H groups in total. The number of ether oxygens (including phenoxy) is 2. The largest absolute Gasteiger partial charge is 0.454 e. The van der Waals surface area contributed by atoms with Crippen LogP contribution in [0.5, 0.6) is 11.5 Å². The Morgan fingerprint density at radius 2 is 1.89 bits per heavy atom. The molecule has 0 saturated heterocycles. The van der Waals surface area contributed by atoms with Crippen LogP contribution in [0, 0.1) is 0 Å². The topological polar surface area (TPSA) is 93.3 Å². The van der Waals surface area contributed by atoms with Gasteiger partial charge in [-0.2, -0.15) is 5.10 Å². The molecule has 1 atom stereocenters. The summed E-state index contributed by atoms with van der Waals surface area (Å²) in [5, 5.41) is 9.93. The molecule has 0 fully saturated rings. The lowest BCUT2D eigenvalue weighted by Crippen LogP contribution is -2.27. The van der Waals surface area contributed by atoms with Crippen molar-refractivity contribution in [2.75, 3.05) is 12.1 Å². The van der Waals surface area contributed by atoms with Gasteiger partial charge < -0.3 is 14.8 Å². The molecule has 7 nitrogen and oxygen atoms in total. The molecule has 3 heterocycles. The molecule has 0 aliphatic carbocycles. The van der Waals surface area contributed by atoms with Gasteiger partial charge in [0.1, 0.15) is 0 Å². The molecule has 3 aromatic rings. The number of anilines is 1. The van der Waals surface area contributed by atoms with Gasteiger partial charge in [0.25, 0.3) is 0 Å². The third kappa shape index (κ3) is 2.55. The van der Waals surface area contributed by atoms with Crippen molar-refractivity contribution in [3.63, 3.8) is 0 Å². The van der Waals surface area contributed by atoms with E-state index in [4.69, 9.17) is 9.47 Å². The highest BCUT2D eigenvalue weighted by Crippen LogP contribution is 2.41. The predicted octanol–water partition coefficient (Wildman–Crippen LogP) is 3.11. The lowest BCUT2D eigenvalue weighted by Gasteiger charge is -2.22. The zero-order valence-electron chi connectivity index (χ0n) is 14.2. The van der Waals surface area contributed by atoms with Gasteiger partial charge in [0.05, 0.1) is 11.6 Å². The lowest BCUT2D eigenvalue weighted by atomic mass is 9.84. The van der Waals surface area contributed by atoms with Crippen LogP contribution in [-0.4, -0.2) is 28.7 Å². The maximum atomic E-state index is 13.3. The number of Topliss-reactive ketones (excluding diaryl/α,β-unsaturated/α-hetero) is 1. The molecular formula is C20H15N3O4. The average molecular weight is 361 g/mol. The zero-order chi connectivity index (χ0) is 18.4. The second-order valence-corrected chi connectivity index (χ2v) is 6.46. The lowest BCUT2D eigenvalue weighted by molar-refractivity contribution is -0.116. The van der Waals surface area contributed by atoms with Gasteiger partial charge >= 0.3 is 0 Å². The Hall–Kier alpha value is -3.61. The summed E-state index contributed by atoms with van der Waals surface area (Å²) in [6, 6.07) is 14.7. The molecular weight excluding hydrogens is 346 g/mol. The smallest absolute Gasteiger partial charge is 0.231 e. The first-order valence-electron chi connectivity index (χ1n) is 8.58. The Kier molecular flexibility index (Phi) is 3.46. The van der Waals surface area contributed by atoms with Crippen LogP contribution in [0.15, 0.2) is 48.5 Å². The summed E-state index contributed by atoms with van der Waals surface area (Å²) in [6.45, 7) is 0.142. The van der Waals surface area contributed by atoms with E-state index in [1.165, 1.54) is 0 Å². The van der Waals surface area contributed by atoms with E-state index in [-0.39, 0.29) is 24.9 Å². The molecule has 5 rings (SSSR count). The maximum absolute atomic E-state index is 13.3. The molecule has 1 aromatic heterocycles. The van der Waals surface area contributed by atoms with Gasteiger partial charge in [-0.1, -0.05) is 30.3 Å². The summed E-state index contributed by atoms with van der Waals surface area (Å²) >= 11 is 0. The second-order valence-electron chi connectivity index (χ2n) is 6.46. The number of nitrogens with one attached hydrogen (secondary N) is 2. The number of carbonyl (C=O) groups is 2. The number of ketones is 1. The average Bonchev–Trinajstić information content (AvgIpc) is 3.33. The Bertz CT molecular complexity index is 1060. The Labute approximate surface area is 154 Å². The minimum atomic E-state index is -0.622. The number of nitrogens with zero attached hydrogens (tertiary/aromatic N) is 1. The van der Waals surface area contributed by atoms with Gasteiger partial charge in [0.15, 0.2) is 23.1 Å². The van der Waals surface area contributed by atoms with E-state index >= 15 is 0 Å². The maximum Gasteiger partial charge on any atom is 0.231 e. The number of benzene rings is 2. The Morgan fingerprint density at radius 3 is 2.74 bits per heavy atom. The van der Waals surface area contributed by atoms with Crippen LogP contribution in [0.1, 0.15) is 28.3 Å². The zero-order valence-corrected chi connectivity index (χ0v) is 14.2. The molecule has 1 unspecified atom stereocenters. The van der Waals surface area contributed by atoms with Crippen LogP contribution in [-0.2, 0) is 4.79 Å². The summed E-state index contributed by atoms with van der Waals surface area (Å²) in [4.78, 5) is 25.4. The molecule has 2 aromatic carbocycles. The SMILES string of the molecule is O=C1CC(C(=O)c2ccc3c(c2)OCO3)c2c(n[nH]c2-c2ccccc2)N1. The van der Waals surface area contributed by atoms with Gasteiger partial charge in [-0.25, -0.2) is 0 Å². The Morgan fingerprint density at radius 1 is 1.07 bits per heavy atom. The first-order valence-corrected chi connectivity index (χ1v) is 8.58. The van der Waals surface area contributed by atoms with E-state index in [9.17, 15) is 9.59 Å². The van der Waals surface area contributed by atoms with Gasteiger partial charge in [0, 0.05) is 17.5 Å². The van der Waals surface area contributed by atoms with Crippen LogP contribution in [0.25, 0.3) is 11.3 Å². The number of hydrogen-bond acceptors (Lipinski definition) is 5. The van der Waals surface area contributed by atoms with Crippen molar-refractivity contribution in [3.05, 3.63) is 59.7 Å². The van der Waals surface area contributed by atoms with Crippen LogP contribution < -0.4 is 14.8 Å². The molecule has 2 aliphatic heterocycles. The van der Waals surface area contributed by atoms with Crippen molar-refractivity contribution in [3.8, 4) is 22.8 Å². The number of H-pyrrole nitrogens is 1. The first kappa shape index (κ1) is 15.6. The minimum absolute atomic E-state index is 0.0691. The fraction of sp³-hybridized carbons (Fsp3) is 0.150. The number of hydrogen-bond donors (Lipinski definition) is 2. The van der Waals surface area contributed by atoms with E-state index in [0.29, 0.717) is 28.4 Å². The minimum Gasteiger partial charge on any atom is -0.454 e.